The summed E-state index contributed by atoms with van der Waals surface area (Å²) in [6, 6.07) is 20.8. The van der Waals surface area contributed by atoms with E-state index in [1.165, 1.54) is 11.1 Å². The third-order valence-corrected chi connectivity index (χ3v) is 3.66. The molecule has 2 aromatic carbocycles. The average molecular weight is 295 g/mol. The molecule has 1 N–H and O–H groups in total. The summed E-state index contributed by atoms with van der Waals surface area (Å²) in [5.74, 6) is 0. The Kier molecular flexibility index (Phi) is 5.70. The summed E-state index contributed by atoms with van der Waals surface area (Å²) in [6.07, 6.45) is 3.18. The lowest BCUT2D eigenvalue weighted by molar-refractivity contribution is 0.661. The van der Waals surface area contributed by atoms with Gasteiger partial charge in [-0.05, 0) is 25.8 Å². The minimum Gasteiger partial charge on any atom is -0.369 e. The first kappa shape index (κ1) is 15.5. The first-order valence-electron chi connectivity index (χ1n) is 7.21. The zero-order valence-corrected chi connectivity index (χ0v) is 13.4. The molecule has 0 heterocycles. The van der Waals surface area contributed by atoms with Gasteiger partial charge >= 0.3 is 0 Å². The van der Waals surface area contributed by atoms with E-state index in [4.69, 9.17) is 12.2 Å². The van der Waals surface area contributed by atoms with Crippen LogP contribution in [0.4, 0.5) is 0 Å². The lowest BCUT2D eigenvalue weighted by Gasteiger charge is -2.20. The number of hydrogen-bond acceptors (Lipinski definition) is 1. The normalized spacial score (nSPS) is 11.5. The van der Waals surface area contributed by atoms with E-state index < -0.39 is 0 Å². The van der Waals surface area contributed by atoms with E-state index in [9.17, 15) is 0 Å². The summed E-state index contributed by atoms with van der Waals surface area (Å²) in [5.41, 5.74) is 3.64. The highest BCUT2D eigenvalue weighted by Crippen LogP contribution is 2.19. The van der Waals surface area contributed by atoms with Crippen molar-refractivity contribution >= 4 is 17.2 Å². The molecule has 0 aromatic heterocycles. The fourth-order valence-corrected chi connectivity index (χ4v) is 2.43. The Hall–Kier alpha value is -1.93. The quantitative estimate of drug-likeness (QED) is 0.612. The standard InChI is InChI=1S/C19H21NS/c1-15(2)13-14-18(16-9-5-3-6-10-16)20-19(21)17-11-7-4-8-12-17/h3-13,18H,14H2,1-2H3,(H,20,21). The second-order valence-corrected chi connectivity index (χ2v) is 5.73. The van der Waals surface area contributed by atoms with Gasteiger partial charge in [0.1, 0.15) is 4.99 Å². The first-order chi connectivity index (χ1) is 10.2. The number of allylic oxidation sites excluding steroid dienone is 1. The molecule has 1 atom stereocenters. The van der Waals surface area contributed by atoms with Gasteiger partial charge in [0.2, 0.25) is 0 Å². The molecule has 0 aliphatic rings. The van der Waals surface area contributed by atoms with Crippen LogP contribution in [-0.4, -0.2) is 4.99 Å². The zero-order valence-electron chi connectivity index (χ0n) is 12.5. The molecule has 1 nitrogen and oxygen atoms in total. The molecule has 0 aliphatic heterocycles. The molecule has 0 aliphatic carbocycles. The number of hydrogen-bond donors (Lipinski definition) is 1. The monoisotopic (exact) mass is 295 g/mol. The van der Waals surface area contributed by atoms with Crippen LogP contribution in [-0.2, 0) is 0 Å². The lowest BCUT2D eigenvalue weighted by Crippen LogP contribution is -2.27. The summed E-state index contributed by atoms with van der Waals surface area (Å²) in [7, 11) is 0. The molecule has 0 fully saturated rings. The molecule has 0 saturated heterocycles. The molecule has 0 spiro atoms. The molecule has 0 amide bonds. The molecule has 2 heteroatoms. The predicted octanol–water partition coefficient (Wildman–Crippen LogP) is 5.05. The molecular formula is C19H21NS. The van der Waals surface area contributed by atoms with Crippen molar-refractivity contribution in [2.75, 3.05) is 0 Å². The van der Waals surface area contributed by atoms with Crippen molar-refractivity contribution in [2.24, 2.45) is 0 Å². The highest BCUT2D eigenvalue weighted by molar-refractivity contribution is 7.80. The second kappa shape index (κ2) is 7.75. The number of rotatable bonds is 5. The Morgan fingerprint density at radius 3 is 2.14 bits per heavy atom. The Morgan fingerprint density at radius 2 is 1.57 bits per heavy atom. The van der Waals surface area contributed by atoms with Gasteiger partial charge < -0.3 is 5.32 Å². The van der Waals surface area contributed by atoms with Crippen molar-refractivity contribution in [2.45, 2.75) is 26.3 Å². The Balaban J connectivity index is 2.16. The number of thiocarbonyl (C=S) groups is 1. The van der Waals surface area contributed by atoms with Crippen LogP contribution in [0, 0.1) is 0 Å². The molecule has 1 unspecified atom stereocenters. The first-order valence-corrected chi connectivity index (χ1v) is 7.62. The Bertz CT molecular complexity index is 598. The van der Waals surface area contributed by atoms with Gasteiger partial charge in [0.05, 0.1) is 6.04 Å². The van der Waals surface area contributed by atoms with Crippen LogP contribution in [0.1, 0.15) is 37.4 Å². The lowest BCUT2D eigenvalue weighted by atomic mass is 10.0. The highest BCUT2D eigenvalue weighted by Gasteiger charge is 2.12. The van der Waals surface area contributed by atoms with Crippen LogP contribution in [0.25, 0.3) is 0 Å². The van der Waals surface area contributed by atoms with Crippen LogP contribution >= 0.6 is 12.2 Å². The fraction of sp³-hybridized carbons (Fsp3) is 0.211. The largest absolute Gasteiger partial charge is 0.369 e. The number of nitrogens with one attached hydrogen (secondary N) is 1. The Labute approximate surface area is 132 Å². The van der Waals surface area contributed by atoms with E-state index in [1.807, 2.05) is 36.4 Å². The molecular weight excluding hydrogens is 274 g/mol. The third kappa shape index (κ3) is 4.83. The van der Waals surface area contributed by atoms with Crippen molar-refractivity contribution in [1.82, 2.24) is 5.32 Å². The molecule has 0 radical (unpaired) electrons. The highest BCUT2D eigenvalue weighted by atomic mass is 32.1. The van der Waals surface area contributed by atoms with Gasteiger partial charge in [-0.2, -0.15) is 0 Å². The van der Waals surface area contributed by atoms with E-state index in [1.54, 1.807) is 0 Å². The van der Waals surface area contributed by atoms with Gasteiger partial charge in [-0.3, -0.25) is 0 Å². The minimum atomic E-state index is 0.203. The van der Waals surface area contributed by atoms with Gasteiger partial charge in [-0.25, -0.2) is 0 Å². The minimum absolute atomic E-state index is 0.203. The molecule has 2 aromatic rings. The van der Waals surface area contributed by atoms with E-state index in [0.29, 0.717) is 0 Å². The topological polar surface area (TPSA) is 12.0 Å². The van der Waals surface area contributed by atoms with Crippen LogP contribution in [0.5, 0.6) is 0 Å². The van der Waals surface area contributed by atoms with Crippen molar-refractivity contribution in [1.29, 1.82) is 0 Å². The summed E-state index contributed by atoms with van der Waals surface area (Å²) >= 11 is 5.54. The summed E-state index contributed by atoms with van der Waals surface area (Å²) in [6.45, 7) is 4.25. The predicted molar refractivity (Wildman–Crippen MR) is 94.5 cm³/mol. The maximum atomic E-state index is 5.54. The van der Waals surface area contributed by atoms with Crippen LogP contribution < -0.4 is 5.32 Å². The molecule has 108 valence electrons. The van der Waals surface area contributed by atoms with Crippen molar-refractivity contribution in [3.63, 3.8) is 0 Å². The molecule has 0 saturated carbocycles. The van der Waals surface area contributed by atoms with Crippen LogP contribution in [0.3, 0.4) is 0 Å². The van der Waals surface area contributed by atoms with E-state index in [-0.39, 0.29) is 6.04 Å². The van der Waals surface area contributed by atoms with Gasteiger partial charge in [0.25, 0.3) is 0 Å². The van der Waals surface area contributed by atoms with Crippen molar-refractivity contribution in [3.05, 3.63) is 83.4 Å². The Morgan fingerprint density at radius 1 is 1.00 bits per heavy atom. The summed E-state index contributed by atoms with van der Waals surface area (Å²) < 4.78 is 0. The fourth-order valence-electron chi connectivity index (χ4n) is 2.15. The molecule has 2 rings (SSSR count). The zero-order chi connectivity index (χ0) is 15.1. The third-order valence-electron chi connectivity index (χ3n) is 3.31. The number of benzene rings is 2. The smallest absolute Gasteiger partial charge is 0.107 e. The van der Waals surface area contributed by atoms with Crippen molar-refractivity contribution < 1.29 is 0 Å². The van der Waals surface area contributed by atoms with Gasteiger partial charge in [-0.1, -0.05) is 84.5 Å². The van der Waals surface area contributed by atoms with Crippen molar-refractivity contribution in [3.8, 4) is 0 Å². The summed E-state index contributed by atoms with van der Waals surface area (Å²) in [5, 5.41) is 3.49. The van der Waals surface area contributed by atoms with E-state index in [0.717, 1.165) is 17.0 Å². The van der Waals surface area contributed by atoms with Gasteiger partial charge in [0.15, 0.2) is 0 Å². The average Bonchev–Trinajstić information content (AvgIpc) is 2.52. The maximum Gasteiger partial charge on any atom is 0.107 e. The van der Waals surface area contributed by atoms with Crippen LogP contribution in [0.2, 0.25) is 0 Å². The molecule has 0 bridgehead atoms. The van der Waals surface area contributed by atoms with Gasteiger partial charge in [-0.15, -0.1) is 0 Å². The SMILES string of the molecule is CC(C)=CCC(NC(=S)c1ccccc1)c1ccccc1. The van der Waals surface area contributed by atoms with Gasteiger partial charge in [0, 0.05) is 5.56 Å². The molecule has 21 heavy (non-hydrogen) atoms. The van der Waals surface area contributed by atoms with Crippen LogP contribution in [0.15, 0.2) is 72.3 Å². The van der Waals surface area contributed by atoms with E-state index >= 15 is 0 Å². The van der Waals surface area contributed by atoms with E-state index in [2.05, 4.69) is 49.5 Å². The summed E-state index contributed by atoms with van der Waals surface area (Å²) in [4.78, 5) is 0.798. The maximum absolute atomic E-state index is 5.54. The second-order valence-electron chi connectivity index (χ2n) is 5.32.